The molecule has 1 fully saturated rings. The van der Waals surface area contributed by atoms with Crippen LogP contribution in [0.4, 0.5) is 13.2 Å². The lowest BCUT2D eigenvalue weighted by atomic mass is 10.1. The Kier molecular flexibility index (Phi) is 5.62. The summed E-state index contributed by atoms with van der Waals surface area (Å²) in [5.41, 5.74) is -1.42. The van der Waals surface area contributed by atoms with Crippen molar-refractivity contribution in [2.24, 2.45) is 0 Å². The van der Waals surface area contributed by atoms with E-state index in [1.54, 1.807) is 0 Å². The van der Waals surface area contributed by atoms with Crippen LogP contribution in [0.25, 0.3) is 0 Å². The first-order chi connectivity index (χ1) is 10.9. The molecule has 0 atom stereocenters. The van der Waals surface area contributed by atoms with E-state index in [2.05, 4.69) is 9.97 Å². The van der Waals surface area contributed by atoms with Crippen molar-refractivity contribution < 1.29 is 27.5 Å². The van der Waals surface area contributed by atoms with Gasteiger partial charge in [-0.3, -0.25) is 9.59 Å². The summed E-state index contributed by atoms with van der Waals surface area (Å²) in [6.45, 7) is -0.337. The van der Waals surface area contributed by atoms with Crippen LogP contribution < -0.4 is 0 Å². The summed E-state index contributed by atoms with van der Waals surface area (Å²) in [5, 5.41) is 0. The summed E-state index contributed by atoms with van der Waals surface area (Å²) in [6, 6.07) is 0. The van der Waals surface area contributed by atoms with Crippen molar-refractivity contribution in [2.45, 2.75) is 44.9 Å². The molecule has 0 saturated carbocycles. The minimum atomic E-state index is -4.61. The quantitative estimate of drug-likeness (QED) is 0.858. The zero-order valence-electron chi connectivity index (χ0n) is 12.5. The van der Waals surface area contributed by atoms with Crippen LogP contribution >= 0.6 is 0 Å². The molecule has 1 N–H and O–H groups in total. The number of esters is 1. The summed E-state index contributed by atoms with van der Waals surface area (Å²) in [4.78, 5) is 30.5. The van der Waals surface area contributed by atoms with Gasteiger partial charge >= 0.3 is 12.1 Å². The summed E-state index contributed by atoms with van der Waals surface area (Å²) in [5.74, 6) is -0.860. The number of nitrogens with one attached hydrogen (secondary N) is 1. The van der Waals surface area contributed by atoms with E-state index in [0.717, 1.165) is 32.0 Å². The number of rotatable bonds is 4. The van der Waals surface area contributed by atoms with Gasteiger partial charge in [0.1, 0.15) is 13.2 Å². The summed E-state index contributed by atoms with van der Waals surface area (Å²) >= 11 is 0. The molecule has 1 saturated heterocycles. The van der Waals surface area contributed by atoms with Crippen LogP contribution in [-0.2, 0) is 27.1 Å². The minimum absolute atomic E-state index is 0.126. The Morgan fingerprint density at radius 3 is 2.78 bits per heavy atom. The number of nitrogens with zero attached hydrogens (tertiary/aromatic N) is 2. The maximum absolute atomic E-state index is 12.6. The van der Waals surface area contributed by atoms with Gasteiger partial charge in [-0.25, -0.2) is 4.98 Å². The first-order valence-electron chi connectivity index (χ1n) is 7.41. The van der Waals surface area contributed by atoms with Crippen molar-refractivity contribution in [3.8, 4) is 0 Å². The maximum atomic E-state index is 12.6. The van der Waals surface area contributed by atoms with Crippen LogP contribution in [0.1, 0.15) is 43.5 Å². The summed E-state index contributed by atoms with van der Waals surface area (Å²) < 4.78 is 42.8. The third-order valence-electron chi connectivity index (χ3n) is 3.61. The molecule has 128 valence electrons. The van der Waals surface area contributed by atoms with E-state index in [1.807, 2.05) is 0 Å². The third kappa shape index (κ3) is 4.97. The van der Waals surface area contributed by atoms with Crippen LogP contribution in [0.15, 0.2) is 6.33 Å². The fourth-order valence-corrected chi connectivity index (χ4v) is 2.41. The lowest BCUT2D eigenvalue weighted by Gasteiger charge is -2.23. The Morgan fingerprint density at radius 1 is 1.30 bits per heavy atom. The van der Waals surface area contributed by atoms with Crippen LogP contribution in [0.5, 0.6) is 0 Å². The Bertz CT molecular complexity index is 557. The molecule has 1 aliphatic heterocycles. The zero-order valence-corrected chi connectivity index (χ0v) is 12.5. The molecule has 0 aliphatic carbocycles. The molecule has 0 radical (unpaired) electrons. The van der Waals surface area contributed by atoms with Gasteiger partial charge in [0.25, 0.3) is 0 Å². The number of aromatic amines is 1. The number of halogens is 3. The molecule has 0 aromatic carbocycles. The van der Waals surface area contributed by atoms with Crippen molar-refractivity contribution in [2.75, 3.05) is 13.1 Å². The van der Waals surface area contributed by atoms with Gasteiger partial charge in [-0.1, -0.05) is 12.8 Å². The van der Waals surface area contributed by atoms with Crippen LogP contribution in [0.3, 0.4) is 0 Å². The van der Waals surface area contributed by atoms with E-state index in [0.29, 0.717) is 13.0 Å². The molecule has 2 rings (SSSR count). The van der Waals surface area contributed by atoms with Gasteiger partial charge in [0, 0.05) is 13.0 Å². The van der Waals surface area contributed by atoms with E-state index >= 15 is 0 Å². The molecule has 0 bridgehead atoms. The van der Waals surface area contributed by atoms with E-state index < -0.39 is 24.4 Å². The summed E-state index contributed by atoms with van der Waals surface area (Å²) in [7, 11) is 0. The van der Waals surface area contributed by atoms with Crippen molar-refractivity contribution in [3.05, 3.63) is 17.7 Å². The number of carbonyl (C=O) groups excluding carboxylic acids is 2. The van der Waals surface area contributed by atoms with Crippen molar-refractivity contribution >= 4 is 11.9 Å². The second-order valence-electron chi connectivity index (χ2n) is 5.37. The molecule has 23 heavy (non-hydrogen) atoms. The number of hydrogen-bond donors (Lipinski definition) is 1. The molecule has 1 aliphatic rings. The second kappa shape index (κ2) is 7.47. The average molecular weight is 333 g/mol. The average Bonchev–Trinajstić information content (AvgIpc) is 2.93. The van der Waals surface area contributed by atoms with E-state index in [1.165, 1.54) is 4.90 Å². The molecule has 1 aromatic heterocycles. The van der Waals surface area contributed by atoms with Gasteiger partial charge in [-0.15, -0.1) is 0 Å². The van der Waals surface area contributed by atoms with Crippen LogP contribution in [0, 0.1) is 0 Å². The monoisotopic (exact) mass is 333 g/mol. The third-order valence-corrected chi connectivity index (χ3v) is 3.61. The first-order valence-corrected chi connectivity index (χ1v) is 7.41. The zero-order chi connectivity index (χ0) is 16.9. The highest BCUT2D eigenvalue weighted by Crippen LogP contribution is 2.29. The van der Waals surface area contributed by atoms with Gasteiger partial charge in [-0.2, -0.15) is 13.2 Å². The Labute approximate surface area is 131 Å². The Balaban J connectivity index is 1.87. The summed E-state index contributed by atoms with van der Waals surface area (Å²) in [6.07, 6.45) is 0.234. The van der Waals surface area contributed by atoms with Crippen LogP contribution in [0.2, 0.25) is 0 Å². The predicted molar refractivity (Wildman–Crippen MR) is 73.1 cm³/mol. The number of imidazole rings is 1. The standard InChI is InChI=1S/C14H18F3N3O3/c15-14(16,17)13-10(18-9-19-13)8-23-12(22)7-20-6-4-2-1-3-5-11(20)21/h9H,1-8H2,(H,18,19). The number of amides is 1. The minimum Gasteiger partial charge on any atom is -0.458 e. The Hall–Kier alpha value is -2.06. The second-order valence-corrected chi connectivity index (χ2v) is 5.37. The molecule has 0 spiro atoms. The number of aromatic nitrogens is 2. The number of hydrogen-bond acceptors (Lipinski definition) is 4. The Morgan fingerprint density at radius 2 is 2.04 bits per heavy atom. The van der Waals surface area contributed by atoms with E-state index in [-0.39, 0.29) is 18.1 Å². The van der Waals surface area contributed by atoms with E-state index in [4.69, 9.17) is 4.74 Å². The molecule has 0 unspecified atom stereocenters. The van der Waals surface area contributed by atoms with E-state index in [9.17, 15) is 22.8 Å². The van der Waals surface area contributed by atoms with Gasteiger partial charge in [0.15, 0.2) is 5.69 Å². The van der Waals surface area contributed by atoms with Crippen molar-refractivity contribution in [1.82, 2.24) is 14.9 Å². The topological polar surface area (TPSA) is 75.3 Å². The molecular formula is C14H18F3N3O3. The molecule has 1 amide bonds. The van der Waals surface area contributed by atoms with Crippen LogP contribution in [-0.4, -0.2) is 39.8 Å². The number of alkyl halides is 3. The number of carbonyl (C=O) groups is 2. The lowest BCUT2D eigenvalue weighted by Crippen LogP contribution is -2.37. The number of ether oxygens (including phenoxy) is 1. The highest BCUT2D eigenvalue weighted by atomic mass is 19.4. The molecule has 1 aromatic rings. The number of likely N-dealkylation sites (tertiary alicyclic amines) is 1. The highest BCUT2D eigenvalue weighted by Gasteiger charge is 2.36. The van der Waals surface area contributed by atoms with Gasteiger partial charge in [0.05, 0.1) is 12.0 Å². The molecular weight excluding hydrogens is 315 g/mol. The predicted octanol–water partition coefficient (Wildman–Crippen LogP) is 2.26. The fourth-order valence-electron chi connectivity index (χ4n) is 2.41. The molecule has 6 nitrogen and oxygen atoms in total. The largest absolute Gasteiger partial charge is 0.458 e. The molecule has 9 heteroatoms. The van der Waals surface area contributed by atoms with Crippen molar-refractivity contribution in [3.63, 3.8) is 0 Å². The normalized spacial score (nSPS) is 16.8. The highest BCUT2D eigenvalue weighted by molar-refractivity contribution is 5.82. The lowest BCUT2D eigenvalue weighted by molar-refractivity contribution is -0.152. The first kappa shape index (κ1) is 17.3. The number of H-pyrrole nitrogens is 1. The van der Waals surface area contributed by atoms with Crippen molar-refractivity contribution in [1.29, 1.82) is 0 Å². The molecule has 2 heterocycles. The van der Waals surface area contributed by atoms with Gasteiger partial charge in [-0.05, 0) is 12.8 Å². The fraction of sp³-hybridized carbons (Fsp3) is 0.643. The van der Waals surface area contributed by atoms with Gasteiger partial charge in [0.2, 0.25) is 5.91 Å². The maximum Gasteiger partial charge on any atom is 0.435 e. The SMILES string of the molecule is O=C(CN1CCCCCCC1=O)OCc1[nH]cnc1C(F)(F)F. The van der Waals surface area contributed by atoms with Gasteiger partial charge < -0.3 is 14.6 Å². The smallest absolute Gasteiger partial charge is 0.435 e.